The molecule has 38 heavy (non-hydrogen) atoms. The van der Waals surface area contributed by atoms with E-state index in [0.29, 0.717) is 0 Å². The van der Waals surface area contributed by atoms with Crippen LogP contribution in [0.15, 0.2) is 74.0 Å². The van der Waals surface area contributed by atoms with Gasteiger partial charge in [0.05, 0.1) is 12.9 Å². The van der Waals surface area contributed by atoms with Crippen molar-refractivity contribution in [1.82, 2.24) is 0 Å². The fourth-order valence-corrected chi connectivity index (χ4v) is 3.46. The van der Waals surface area contributed by atoms with E-state index >= 15 is 0 Å². The third-order valence-electron chi connectivity index (χ3n) is 5.37. The summed E-state index contributed by atoms with van der Waals surface area (Å²) in [5.74, 6) is 10.2. The maximum atomic E-state index is 14.4. The van der Waals surface area contributed by atoms with E-state index in [1.807, 2.05) is 50.2 Å². The predicted octanol–water partition coefficient (Wildman–Crippen LogP) is 6.24. The number of carbonyl (C=O) groups is 1. The zero-order valence-electron chi connectivity index (χ0n) is 21.2. The second kappa shape index (κ2) is 13.6. The SMILES string of the molecule is C=COCOCc1c(F)cc(C#Cc2c(C)cc(C#Cc3ccc(COC(=O)C=C)cc3)cc2C)cc1F. The van der Waals surface area contributed by atoms with Gasteiger partial charge < -0.3 is 14.2 Å². The van der Waals surface area contributed by atoms with Gasteiger partial charge >= 0.3 is 5.97 Å². The molecule has 0 bridgehead atoms. The van der Waals surface area contributed by atoms with Crippen molar-refractivity contribution in [3.05, 3.63) is 130 Å². The summed E-state index contributed by atoms with van der Waals surface area (Å²) in [6, 6.07) is 13.6. The first-order valence-corrected chi connectivity index (χ1v) is 11.6. The van der Waals surface area contributed by atoms with Crippen molar-refractivity contribution in [1.29, 1.82) is 0 Å². The van der Waals surface area contributed by atoms with Gasteiger partial charge in [-0.05, 0) is 66.9 Å². The first-order valence-electron chi connectivity index (χ1n) is 11.6. The molecule has 4 nitrogen and oxygen atoms in total. The molecule has 0 spiro atoms. The lowest BCUT2D eigenvalue weighted by atomic mass is 9.99. The molecule has 0 radical (unpaired) electrons. The lowest BCUT2D eigenvalue weighted by Crippen LogP contribution is -2.02. The Hall–Kier alpha value is -4.65. The minimum Gasteiger partial charge on any atom is -0.476 e. The average Bonchev–Trinajstić information content (AvgIpc) is 2.89. The minimum atomic E-state index is -0.738. The number of rotatable bonds is 8. The quantitative estimate of drug-likeness (QED) is 0.0895. The number of benzene rings is 3. The van der Waals surface area contributed by atoms with Crippen LogP contribution < -0.4 is 0 Å². The van der Waals surface area contributed by atoms with Gasteiger partial charge in [0.1, 0.15) is 18.2 Å². The van der Waals surface area contributed by atoms with Crippen molar-refractivity contribution in [3.63, 3.8) is 0 Å². The molecule has 0 amide bonds. The molecule has 0 saturated carbocycles. The number of carbonyl (C=O) groups excluding carboxylic acids is 1. The number of esters is 1. The van der Waals surface area contributed by atoms with Crippen molar-refractivity contribution in [2.75, 3.05) is 6.79 Å². The highest BCUT2D eigenvalue weighted by Gasteiger charge is 2.11. The smallest absolute Gasteiger partial charge is 0.330 e. The van der Waals surface area contributed by atoms with Crippen LogP contribution in [-0.2, 0) is 32.2 Å². The van der Waals surface area contributed by atoms with E-state index in [2.05, 4.69) is 36.8 Å². The van der Waals surface area contributed by atoms with Gasteiger partial charge in [-0.2, -0.15) is 0 Å². The van der Waals surface area contributed by atoms with Crippen LogP contribution in [0.1, 0.15) is 44.5 Å². The number of hydrogen-bond acceptors (Lipinski definition) is 4. The van der Waals surface area contributed by atoms with Crippen molar-refractivity contribution in [3.8, 4) is 23.7 Å². The molecule has 192 valence electrons. The van der Waals surface area contributed by atoms with Gasteiger partial charge in [-0.3, -0.25) is 0 Å². The summed E-state index contributed by atoms with van der Waals surface area (Å²) in [5, 5.41) is 0. The Bertz CT molecular complexity index is 1420. The van der Waals surface area contributed by atoms with Crippen molar-refractivity contribution < 1.29 is 27.8 Å². The fraction of sp³-hybridized carbons (Fsp3) is 0.156. The van der Waals surface area contributed by atoms with Crippen LogP contribution in [-0.4, -0.2) is 12.8 Å². The zero-order valence-corrected chi connectivity index (χ0v) is 21.2. The van der Waals surface area contributed by atoms with E-state index in [1.165, 1.54) is 18.4 Å². The molecule has 0 atom stereocenters. The molecule has 0 saturated heterocycles. The topological polar surface area (TPSA) is 44.8 Å². The molecule has 3 aromatic rings. The summed E-state index contributed by atoms with van der Waals surface area (Å²) in [6.07, 6.45) is 2.30. The molecule has 0 N–H and O–H groups in total. The Morgan fingerprint density at radius 2 is 1.42 bits per heavy atom. The molecule has 3 aromatic carbocycles. The molecule has 0 heterocycles. The molecule has 0 aliphatic heterocycles. The van der Waals surface area contributed by atoms with Gasteiger partial charge in [-0.15, -0.1) is 0 Å². The summed E-state index contributed by atoms with van der Waals surface area (Å²) in [6.45, 7) is 10.3. The van der Waals surface area contributed by atoms with E-state index in [4.69, 9.17) is 14.2 Å². The maximum absolute atomic E-state index is 14.4. The van der Waals surface area contributed by atoms with Crippen LogP contribution >= 0.6 is 0 Å². The second-order valence-corrected chi connectivity index (χ2v) is 8.21. The monoisotopic (exact) mass is 512 g/mol. The summed E-state index contributed by atoms with van der Waals surface area (Å²) < 4.78 is 43.7. The van der Waals surface area contributed by atoms with E-state index < -0.39 is 17.6 Å². The molecule has 0 fully saturated rings. The molecule has 0 aromatic heterocycles. The Morgan fingerprint density at radius 1 is 0.842 bits per heavy atom. The van der Waals surface area contributed by atoms with Gasteiger partial charge in [0, 0.05) is 33.9 Å². The normalized spacial score (nSPS) is 9.89. The van der Waals surface area contributed by atoms with Crippen molar-refractivity contribution >= 4 is 5.97 Å². The molecule has 0 unspecified atom stereocenters. The third-order valence-corrected chi connectivity index (χ3v) is 5.37. The predicted molar refractivity (Wildman–Crippen MR) is 142 cm³/mol. The average molecular weight is 513 g/mol. The van der Waals surface area contributed by atoms with E-state index in [0.717, 1.165) is 39.5 Å². The summed E-state index contributed by atoms with van der Waals surface area (Å²) in [7, 11) is 0. The van der Waals surface area contributed by atoms with Crippen LogP contribution in [0.4, 0.5) is 8.78 Å². The molecular weight excluding hydrogens is 486 g/mol. The zero-order chi connectivity index (χ0) is 27.5. The first-order chi connectivity index (χ1) is 18.3. The fourth-order valence-electron chi connectivity index (χ4n) is 3.46. The van der Waals surface area contributed by atoms with Gasteiger partial charge in [-0.1, -0.05) is 49.0 Å². The third kappa shape index (κ3) is 7.93. The highest BCUT2D eigenvalue weighted by molar-refractivity contribution is 5.81. The van der Waals surface area contributed by atoms with E-state index in [1.54, 1.807) is 0 Å². The number of aryl methyl sites for hydroxylation is 2. The maximum Gasteiger partial charge on any atom is 0.330 e. The van der Waals surface area contributed by atoms with Gasteiger partial charge in [0.25, 0.3) is 0 Å². The van der Waals surface area contributed by atoms with Crippen LogP contribution in [0.5, 0.6) is 0 Å². The van der Waals surface area contributed by atoms with Crippen LogP contribution in [0.3, 0.4) is 0 Å². The van der Waals surface area contributed by atoms with Crippen LogP contribution in [0, 0.1) is 49.2 Å². The van der Waals surface area contributed by atoms with Gasteiger partial charge in [0.2, 0.25) is 0 Å². The number of ether oxygens (including phenoxy) is 3. The second-order valence-electron chi connectivity index (χ2n) is 8.21. The Labute approximate surface area is 221 Å². The van der Waals surface area contributed by atoms with E-state index in [9.17, 15) is 13.6 Å². The molecular formula is C32H26F2O4. The van der Waals surface area contributed by atoms with Gasteiger partial charge in [-0.25, -0.2) is 13.6 Å². The molecule has 6 heteroatoms. The lowest BCUT2D eigenvalue weighted by Gasteiger charge is -2.07. The Balaban J connectivity index is 1.73. The summed E-state index contributed by atoms with van der Waals surface area (Å²) >= 11 is 0. The molecule has 0 aliphatic carbocycles. The number of halogens is 2. The lowest BCUT2D eigenvalue weighted by molar-refractivity contribution is -0.138. The largest absolute Gasteiger partial charge is 0.476 e. The highest BCUT2D eigenvalue weighted by atomic mass is 19.1. The van der Waals surface area contributed by atoms with Crippen LogP contribution in [0.25, 0.3) is 0 Å². The summed E-state index contributed by atoms with van der Waals surface area (Å²) in [4.78, 5) is 11.2. The van der Waals surface area contributed by atoms with Crippen molar-refractivity contribution in [2.24, 2.45) is 0 Å². The highest BCUT2D eigenvalue weighted by Crippen LogP contribution is 2.18. The Kier molecular flexibility index (Phi) is 10.00. The minimum absolute atomic E-state index is 0.149. The van der Waals surface area contributed by atoms with Crippen molar-refractivity contribution in [2.45, 2.75) is 27.1 Å². The van der Waals surface area contributed by atoms with E-state index in [-0.39, 0.29) is 31.1 Å². The van der Waals surface area contributed by atoms with Gasteiger partial charge in [0.15, 0.2) is 6.79 Å². The summed E-state index contributed by atoms with van der Waals surface area (Å²) in [5.41, 5.74) is 5.07. The number of hydrogen-bond donors (Lipinski definition) is 0. The molecule has 0 aliphatic rings. The van der Waals surface area contributed by atoms with Crippen LogP contribution in [0.2, 0.25) is 0 Å². The standard InChI is InChI=1S/C32H26F2O4/c1-5-32(35)38-19-25-10-7-24(8-11-25)9-12-26-15-22(3)28(23(4)16-26)14-13-27-17-30(33)29(31(34)18-27)20-37-21-36-6-2/h5-8,10-11,15-18H,1-2,19-21H2,3-4H3. The first kappa shape index (κ1) is 27.9. The Morgan fingerprint density at radius 3 is 2.03 bits per heavy atom. The molecule has 3 rings (SSSR count).